The number of piperazine rings is 1. The van der Waals surface area contributed by atoms with E-state index in [1.54, 1.807) is 18.2 Å². The van der Waals surface area contributed by atoms with Gasteiger partial charge in [-0.2, -0.15) is 0 Å². The van der Waals surface area contributed by atoms with Gasteiger partial charge in [0.2, 0.25) is 0 Å². The van der Waals surface area contributed by atoms with Crippen molar-refractivity contribution in [3.8, 4) is 11.3 Å². The van der Waals surface area contributed by atoms with E-state index in [2.05, 4.69) is 16.8 Å². The SMILES string of the molecule is CN1CCN(c2nc(-c3ccccc3F)c3ccccc3c2C=O)CC1. The van der Waals surface area contributed by atoms with Gasteiger partial charge in [-0.05, 0) is 24.6 Å². The van der Waals surface area contributed by atoms with Crippen LogP contribution in [0.15, 0.2) is 48.5 Å². The van der Waals surface area contributed by atoms with Crippen LogP contribution in [0.5, 0.6) is 0 Å². The van der Waals surface area contributed by atoms with Crippen LogP contribution in [-0.4, -0.2) is 49.4 Å². The molecule has 1 aromatic heterocycles. The van der Waals surface area contributed by atoms with Crippen molar-refractivity contribution in [3.05, 3.63) is 59.9 Å². The van der Waals surface area contributed by atoms with Crippen LogP contribution in [0.3, 0.4) is 0 Å². The van der Waals surface area contributed by atoms with E-state index in [9.17, 15) is 9.18 Å². The molecule has 0 aliphatic carbocycles. The second-order valence-corrected chi connectivity index (χ2v) is 6.63. The van der Waals surface area contributed by atoms with Crippen molar-refractivity contribution in [1.29, 1.82) is 0 Å². The van der Waals surface area contributed by atoms with E-state index in [-0.39, 0.29) is 5.82 Å². The summed E-state index contributed by atoms with van der Waals surface area (Å²) >= 11 is 0. The summed E-state index contributed by atoms with van der Waals surface area (Å²) in [6, 6.07) is 14.2. The van der Waals surface area contributed by atoms with Crippen molar-refractivity contribution < 1.29 is 9.18 Å². The van der Waals surface area contributed by atoms with Gasteiger partial charge in [0.05, 0.1) is 11.3 Å². The normalized spacial score (nSPS) is 15.4. The summed E-state index contributed by atoms with van der Waals surface area (Å²) < 4.78 is 14.5. The highest BCUT2D eigenvalue weighted by Gasteiger charge is 2.22. The monoisotopic (exact) mass is 349 g/mol. The molecule has 132 valence electrons. The molecule has 2 heterocycles. The zero-order valence-electron chi connectivity index (χ0n) is 14.7. The molecule has 0 atom stereocenters. The Bertz CT molecular complexity index is 965. The molecule has 0 unspecified atom stereocenters. The number of rotatable bonds is 3. The molecule has 4 rings (SSSR count). The fourth-order valence-electron chi connectivity index (χ4n) is 3.51. The molecule has 1 fully saturated rings. The number of carbonyl (C=O) groups excluding carboxylic acids is 1. The maximum atomic E-state index is 14.5. The Morgan fingerprint density at radius 2 is 1.62 bits per heavy atom. The summed E-state index contributed by atoms with van der Waals surface area (Å²) in [4.78, 5) is 21.1. The van der Waals surface area contributed by atoms with Gasteiger partial charge in [0.1, 0.15) is 11.6 Å². The number of hydrogen-bond acceptors (Lipinski definition) is 4. The first-order valence-corrected chi connectivity index (χ1v) is 8.75. The average Bonchev–Trinajstić information content (AvgIpc) is 2.68. The number of hydrogen-bond donors (Lipinski definition) is 0. The van der Waals surface area contributed by atoms with Crippen molar-refractivity contribution in [3.63, 3.8) is 0 Å². The number of likely N-dealkylation sites (N-methyl/N-ethyl adjacent to an activating group) is 1. The summed E-state index contributed by atoms with van der Waals surface area (Å²) in [6.45, 7) is 3.39. The lowest BCUT2D eigenvalue weighted by Gasteiger charge is -2.34. The second-order valence-electron chi connectivity index (χ2n) is 6.63. The second kappa shape index (κ2) is 6.84. The number of nitrogens with zero attached hydrogens (tertiary/aromatic N) is 3. The maximum absolute atomic E-state index is 14.5. The summed E-state index contributed by atoms with van der Waals surface area (Å²) in [6.07, 6.45) is 0.869. The number of carbonyl (C=O) groups is 1. The zero-order chi connectivity index (χ0) is 18.1. The number of aldehydes is 1. The van der Waals surface area contributed by atoms with Gasteiger partial charge in [0.15, 0.2) is 6.29 Å². The van der Waals surface area contributed by atoms with Gasteiger partial charge in [-0.1, -0.05) is 36.4 Å². The van der Waals surface area contributed by atoms with E-state index in [1.165, 1.54) is 6.07 Å². The summed E-state index contributed by atoms with van der Waals surface area (Å²) in [5, 5.41) is 1.60. The van der Waals surface area contributed by atoms with Gasteiger partial charge in [0, 0.05) is 37.1 Å². The molecule has 2 aromatic carbocycles. The molecular weight excluding hydrogens is 329 g/mol. The highest BCUT2D eigenvalue weighted by atomic mass is 19.1. The molecule has 1 saturated heterocycles. The first kappa shape index (κ1) is 16.7. The zero-order valence-corrected chi connectivity index (χ0v) is 14.7. The standard InChI is InChI=1S/C21H20FN3O/c1-24-10-12-25(13-11-24)21-18(14-26)15-6-2-3-7-16(15)20(23-21)17-8-4-5-9-19(17)22/h2-9,14H,10-13H2,1H3. The maximum Gasteiger partial charge on any atom is 0.154 e. The molecule has 26 heavy (non-hydrogen) atoms. The number of fused-ring (bicyclic) bond motifs is 1. The Morgan fingerprint density at radius 3 is 2.31 bits per heavy atom. The van der Waals surface area contributed by atoms with Crippen LogP contribution in [0.2, 0.25) is 0 Å². The summed E-state index contributed by atoms with van der Waals surface area (Å²) in [7, 11) is 2.08. The number of anilines is 1. The van der Waals surface area contributed by atoms with Crippen LogP contribution >= 0.6 is 0 Å². The van der Waals surface area contributed by atoms with Gasteiger partial charge in [-0.3, -0.25) is 4.79 Å². The first-order valence-electron chi connectivity index (χ1n) is 8.75. The fraction of sp³-hybridized carbons (Fsp3) is 0.238. The molecule has 3 aromatic rings. The Labute approximate surface area is 151 Å². The summed E-state index contributed by atoms with van der Waals surface area (Å²) in [5.41, 5.74) is 1.61. The van der Waals surface area contributed by atoms with Crippen molar-refractivity contribution in [2.24, 2.45) is 0 Å². The van der Waals surface area contributed by atoms with Gasteiger partial charge in [0.25, 0.3) is 0 Å². The van der Waals surface area contributed by atoms with Gasteiger partial charge in [-0.25, -0.2) is 9.37 Å². The van der Waals surface area contributed by atoms with E-state index in [0.717, 1.165) is 43.2 Å². The predicted molar refractivity (Wildman–Crippen MR) is 102 cm³/mol. The number of benzene rings is 2. The average molecular weight is 349 g/mol. The molecular formula is C21H20FN3O. The van der Waals surface area contributed by atoms with E-state index >= 15 is 0 Å². The minimum Gasteiger partial charge on any atom is -0.353 e. The summed E-state index contributed by atoms with van der Waals surface area (Å²) in [5.74, 6) is 0.332. The van der Waals surface area contributed by atoms with E-state index in [0.29, 0.717) is 22.6 Å². The number of halogens is 1. The third kappa shape index (κ3) is 2.84. The minimum absolute atomic E-state index is 0.312. The van der Waals surface area contributed by atoms with Crippen molar-refractivity contribution in [2.75, 3.05) is 38.1 Å². The van der Waals surface area contributed by atoms with Crippen molar-refractivity contribution in [1.82, 2.24) is 9.88 Å². The molecule has 0 amide bonds. The Morgan fingerprint density at radius 1 is 0.962 bits per heavy atom. The molecule has 0 spiro atoms. The molecule has 0 N–H and O–H groups in total. The molecule has 5 heteroatoms. The van der Waals surface area contributed by atoms with Crippen LogP contribution < -0.4 is 4.90 Å². The Hall–Kier alpha value is -2.79. The largest absolute Gasteiger partial charge is 0.353 e. The lowest BCUT2D eigenvalue weighted by molar-refractivity contribution is 0.112. The Kier molecular flexibility index (Phi) is 4.39. The van der Waals surface area contributed by atoms with Crippen molar-refractivity contribution >= 4 is 22.9 Å². The number of pyridine rings is 1. The molecule has 0 bridgehead atoms. The third-order valence-electron chi connectivity index (χ3n) is 4.98. The fourth-order valence-corrected chi connectivity index (χ4v) is 3.51. The Balaban J connectivity index is 1.97. The van der Waals surface area contributed by atoms with E-state index < -0.39 is 0 Å². The molecule has 4 nitrogen and oxygen atoms in total. The third-order valence-corrected chi connectivity index (χ3v) is 4.98. The van der Waals surface area contributed by atoms with Crippen LogP contribution in [0.4, 0.5) is 10.2 Å². The quantitative estimate of drug-likeness (QED) is 0.677. The molecule has 1 aliphatic heterocycles. The number of aromatic nitrogens is 1. The molecule has 1 aliphatic rings. The van der Waals surface area contributed by atoms with E-state index in [4.69, 9.17) is 4.98 Å². The van der Waals surface area contributed by atoms with Crippen LogP contribution in [0, 0.1) is 5.82 Å². The molecule has 0 radical (unpaired) electrons. The van der Waals surface area contributed by atoms with Crippen molar-refractivity contribution in [2.45, 2.75) is 0 Å². The highest BCUT2D eigenvalue weighted by molar-refractivity contribution is 6.07. The lowest BCUT2D eigenvalue weighted by Crippen LogP contribution is -2.45. The van der Waals surface area contributed by atoms with Gasteiger partial charge in [-0.15, -0.1) is 0 Å². The van der Waals surface area contributed by atoms with Crippen LogP contribution in [0.25, 0.3) is 22.0 Å². The van der Waals surface area contributed by atoms with Crippen LogP contribution in [0.1, 0.15) is 10.4 Å². The lowest BCUT2D eigenvalue weighted by atomic mass is 9.99. The smallest absolute Gasteiger partial charge is 0.154 e. The van der Waals surface area contributed by atoms with Gasteiger partial charge >= 0.3 is 0 Å². The highest BCUT2D eigenvalue weighted by Crippen LogP contribution is 2.34. The van der Waals surface area contributed by atoms with E-state index in [1.807, 2.05) is 24.3 Å². The predicted octanol–water partition coefficient (Wildman–Crippen LogP) is 3.61. The van der Waals surface area contributed by atoms with Gasteiger partial charge < -0.3 is 9.80 Å². The molecule has 0 saturated carbocycles. The first-order chi connectivity index (χ1) is 12.7. The minimum atomic E-state index is -0.312. The van der Waals surface area contributed by atoms with Crippen LogP contribution in [-0.2, 0) is 0 Å². The topological polar surface area (TPSA) is 36.4 Å².